The molecule has 3 N–H and O–H groups in total. The van der Waals surface area contributed by atoms with Gasteiger partial charge in [-0.25, -0.2) is 9.97 Å². The molecule has 7 nitrogen and oxygen atoms in total. The van der Waals surface area contributed by atoms with Gasteiger partial charge in [0.1, 0.15) is 12.1 Å². The molecule has 22 heavy (non-hydrogen) atoms. The van der Waals surface area contributed by atoms with Crippen molar-refractivity contribution in [3.8, 4) is 5.82 Å². The van der Waals surface area contributed by atoms with Crippen LogP contribution in [0.3, 0.4) is 0 Å². The van der Waals surface area contributed by atoms with E-state index in [2.05, 4.69) is 9.97 Å². The number of rotatable bonds is 4. The molecule has 1 amide bonds. The van der Waals surface area contributed by atoms with E-state index in [1.807, 2.05) is 27.8 Å². The van der Waals surface area contributed by atoms with Gasteiger partial charge in [0, 0.05) is 31.7 Å². The summed E-state index contributed by atoms with van der Waals surface area (Å²) in [5.74, 6) is 0.152. The molecule has 0 aliphatic carbocycles. The smallest absolute Gasteiger partial charge is 0.250 e. The summed E-state index contributed by atoms with van der Waals surface area (Å²) >= 11 is 0. The molecule has 1 fully saturated rings. The minimum atomic E-state index is -1.41. The standard InChI is InChI=1S/C15H19N5O2/c16-14(21)15(22)4-1-6-19(10-15)9-12-2-3-13(18-8-12)20-7-5-17-11-20/h2-3,5,7-8,11,22H,1,4,6,9-10H2,(H2,16,21)/t15-/m1/s1. The minimum absolute atomic E-state index is 0.269. The van der Waals surface area contributed by atoms with Crippen LogP contribution in [0.15, 0.2) is 37.1 Å². The number of carbonyl (C=O) groups excluding carboxylic acids is 1. The summed E-state index contributed by atoms with van der Waals surface area (Å²) in [4.78, 5) is 21.8. The minimum Gasteiger partial charge on any atom is -0.379 e. The Morgan fingerprint density at radius 2 is 2.32 bits per heavy atom. The maximum atomic E-state index is 11.4. The summed E-state index contributed by atoms with van der Waals surface area (Å²) in [7, 11) is 0. The number of nitrogens with two attached hydrogens (primary N) is 1. The van der Waals surface area contributed by atoms with Crippen LogP contribution in [0.4, 0.5) is 0 Å². The number of nitrogens with zero attached hydrogens (tertiary/aromatic N) is 4. The van der Waals surface area contributed by atoms with Gasteiger partial charge >= 0.3 is 0 Å². The molecule has 2 aromatic heterocycles. The van der Waals surface area contributed by atoms with Crippen molar-refractivity contribution in [2.45, 2.75) is 25.0 Å². The molecule has 2 aromatic rings. The Hall–Kier alpha value is -2.25. The number of likely N-dealkylation sites (tertiary alicyclic amines) is 1. The highest BCUT2D eigenvalue weighted by Gasteiger charge is 2.38. The summed E-state index contributed by atoms with van der Waals surface area (Å²) in [6, 6.07) is 3.90. The number of piperidine rings is 1. The van der Waals surface area contributed by atoms with Crippen LogP contribution in [-0.2, 0) is 11.3 Å². The van der Waals surface area contributed by atoms with Gasteiger partial charge < -0.3 is 10.8 Å². The zero-order valence-corrected chi connectivity index (χ0v) is 12.2. The van der Waals surface area contributed by atoms with Crippen molar-refractivity contribution >= 4 is 5.91 Å². The Labute approximate surface area is 128 Å². The van der Waals surface area contributed by atoms with E-state index in [-0.39, 0.29) is 6.54 Å². The monoisotopic (exact) mass is 301 g/mol. The van der Waals surface area contributed by atoms with Gasteiger partial charge in [-0.15, -0.1) is 0 Å². The summed E-state index contributed by atoms with van der Waals surface area (Å²) in [6.45, 7) is 1.73. The SMILES string of the molecule is NC(=O)[C@@]1(O)CCCN(Cc2ccc(-n3ccnc3)nc2)C1. The fourth-order valence-corrected chi connectivity index (χ4v) is 2.78. The lowest BCUT2D eigenvalue weighted by Gasteiger charge is -2.37. The van der Waals surface area contributed by atoms with Crippen LogP contribution in [0.1, 0.15) is 18.4 Å². The van der Waals surface area contributed by atoms with E-state index in [1.54, 1.807) is 18.7 Å². The quantitative estimate of drug-likeness (QED) is 0.833. The maximum Gasteiger partial charge on any atom is 0.250 e. The van der Waals surface area contributed by atoms with Crippen LogP contribution in [0, 0.1) is 0 Å². The Bertz CT molecular complexity index is 640. The van der Waals surface area contributed by atoms with E-state index in [4.69, 9.17) is 5.73 Å². The van der Waals surface area contributed by atoms with Gasteiger partial charge in [-0.2, -0.15) is 0 Å². The predicted octanol–water partition coefficient (Wildman–Crippen LogP) is 0.0795. The van der Waals surface area contributed by atoms with Crippen molar-refractivity contribution < 1.29 is 9.90 Å². The molecule has 0 radical (unpaired) electrons. The number of pyridine rings is 1. The van der Waals surface area contributed by atoms with Gasteiger partial charge in [0.25, 0.3) is 5.91 Å². The lowest BCUT2D eigenvalue weighted by atomic mass is 9.92. The molecule has 0 bridgehead atoms. The Balaban J connectivity index is 1.67. The second-order valence-electron chi connectivity index (χ2n) is 5.70. The number of carbonyl (C=O) groups is 1. The van der Waals surface area contributed by atoms with Crippen molar-refractivity contribution in [2.24, 2.45) is 5.73 Å². The molecule has 3 rings (SSSR count). The lowest BCUT2D eigenvalue weighted by molar-refractivity contribution is -0.142. The third-order valence-electron chi connectivity index (χ3n) is 3.99. The van der Waals surface area contributed by atoms with E-state index >= 15 is 0 Å². The average Bonchev–Trinajstić information content (AvgIpc) is 3.02. The van der Waals surface area contributed by atoms with Crippen LogP contribution in [0.2, 0.25) is 0 Å². The first-order valence-electron chi connectivity index (χ1n) is 7.25. The van der Waals surface area contributed by atoms with E-state index in [0.717, 1.165) is 24.3 Å². The van der Waals surface area contributed by atoms with Gasteiger partial charge in [0.2, 0.25) is 0 Å². The van der Waals surface area contributed by atoms with E-state index < -0.39 is 11.5 Å². The molecule has 1 aliphatic heterocycles. The van der Waals surface area contributed by atoms with Crippen molar-refractivity contribution in [3.63, 3.8) is 0 Å². The van der Waals surface area contributed by atoms with Crippen LogP contribution in [0.5, 0.6) is 0 Å². The average molecular weight is 301 g/mol. The van der Waals surface area contributed by atoms with Crippen molar-refractivity contribution in [3.05, 3.63) is 42.6 Å². The molecule has 0 saturated carbocycles. The Morgan fingerprint density at radius 1 is 1.45 bits per heavy atom. The molecule has 1 atom stereocenters. The summed E-state index contributed by atoms with van der Waals surface area (Å²) in [5.41, 5.74) is 4.91. The van der Waals surface area contributed by atoms with Crippen molar-refractivity contribution in [2.75, 3.05) is 13.1 Å². The highest BCUT2D eigenvalue weighted by Crippen LogP contribution is 2.22. The molecule has 0 unspecified atom stereocenters. The molecule has 0 spiro atoms. The third-order valence-corrected chi connectivity index (χ3v) is 3.99. The number of hydrogen-bond acceptors (Lipinski definition) is 5. The van der Waals surface area contributed by atoms with E-state index in [0.29, 0.717) is 13.0 Å². The molecule has 7 heteroatoms. The van der Waals surface area contributed by atoms with Crippen LogP contribution in [-0.4, -0.2) is 49.1 Å². The molecule has 3 heterocycles. The number of β-amino-alcohol motifs (C(OH)–C–C–N with tert-alkyl or cyclic N) is 1. The molecule has 1 aliphatic rings. The van der Waals surface area contributed by atoms with Gasteiger partial charge in [-0.05, 0) is 31.0 Å². The molecule has 116 valence electrons. The number of aliphatic hydroxyl groups is 1. The number of amides is 1. The molecule has 1 saturated heterocycles. The molecular weight excluding hydrogens is 282 g/mol. The van der Waals surface area contributed by atoms with Crippen molar-refractivity contribution in [1.82, 2.24) is 19.4 Å². The number of primary amides is 1. The maximum absolute atomic E-state index is 11.4. The third kappa shape index (κ3) is 3.00. The predicted molar refractivity (Wildman–Crippen MR) is 80.0 cm³/mol. The van der Waals surface area contributed by atoms with Gasteiger partial charge in [0.05, 0.1) is 0 Å². The Kier molecular flexibility index (Phi) is 3.91. The van der Waals surface area contributed by atoms with Crippen LogP contribution >= 0.6 is 0 Å². The topological polar surface area (TPSA) is 97.3 Å². The second kappa shape index (κ2) is 5.86. The first-order chi connectivity index (χ1) is 10.6. The molecule has 0 aromatic carbocycles. The normalized spacial score (nSPS) is 22.6. The first kappa shape index (κ1) is 14.7. The zero-order valence-electron chi connectivity index (χ0n) is 12.2. The molecular formula is C15H19N5O2. The fraction of sp³-hybridized carbons (Fsp3) is 0.400. The number of aromatic nitrogens is 3. The number of imidazole rings is 1. The zero-order chi connectivity index (χ0) is 15.6. The van der Waals surface area contributed by atoms with Crippen LogP contribution < -0.4 is 5.73 Å². The highest BCUT2D eigenvalue weighted by atomic mass is 16.3. The van der Waals surface area contributed by atoms with E-state index in [9.17, 15) is 9.90 Å². The summed E-state index contributed by atoms with van der Waals surface area (Å²) in [5, 5.41) is 10.2. The second-order valence-corrected chi connectivity index (χ2v) is 5.70. The van der Waals surface area contributed by atoms with Crippen LogP contribution in [0.25, 0.3) is 5.82 Å². The first-order valence-corrected chi connectivity index (χ1v) is 7.25. The Morgan fingerprint density at radius 3 is 2.95 bits per heavy atom. The fourth-order valence-electron chi connectivity index (χ4n) is 2.78. The summed E-state index contributed by atoms with van der Waals surface area (Å²) < 4.78 is 1.83. The van der Waals surface area contributed by atoms with Gasteiger partial charge in [-0.3, -0.25) is 14.3 Å². The highest BCUT2D eigenvalue weighted by molar-refractivity contribution is 5.83. The van der Waals surface area contributed by atoms with Gasteiger partial charge in [0.15, 0.2) is 5.60 Å². The summed E-state index contributed by atoms with van der Waals surface area (Å²) in [6.07, 6.45) is 8.21. The lowest BCUT2D eigenvalue weighted by Crippen LogP contribution is -2.55. The largest absolute Gasteiger partial charge is 0.379 e. The van der Waals surface area contributed by atoms with E-state index in [1.165, 1.54) is 0 Å². The van der Waals surface area contributed by atoms with Gasteiger partial charge in [-0.1, -0.05) is 6.07 Å². The number of hydrogen-bond donors (Lipinski definition) is 2. The van der Waals surface area contributed by atoms with Crippen molar-refractivity contribution in [1.29, 1.82) is 0 Å².